The third-order valence-electron chi connectivity index (χ3n) is 2.02. The summed E-state index contributed by atoms with van der Waals surface area (Å²) >= 11 is 5.66. The molecule has 0 unspecified atom stereocenters. The zero-order valence-electron chi connectivity index (χ0n) is 10.6. The van der Waals surface area contributed by atoms with E-state index in [2.05, 4.69) is 5.32 Å². The van der Waals surface area contributed by atoms with E-state index < -0.39 is 0 Å². The molecule has 84 valence electrons. The smallest absolute Gasteiger partial charge is 1.00 e. The van der Waals surface area contributed by atoms with Crippen LogP contribution in [0.5, 0.6) is 5.75 Å². The maximum absolute atomic E-state index is 11.5. The van der Waals surface area contributed by atoms with Crippen molar-refractivity contribution in [2.24, 2.45) is 0 Å². The maximum atomic E-state index is 11.5. The largest absolute Gasteiger partial charge is 1.00 e. The molecule has 0 fully saturated rings. The van der Waals surface area contributed by atoms with Crippen LogP contribution in [0.2, 0.25) is 5.02 Å². The predicted octanol–water partition coefficient (Wildman–Crippen LogP) is -0.308. The van der Waals surface area contributed by atoms with Gasteiger partial charge in [-0.05, 0) is 24.6 Å². The number of rotatable bonds is 4. The van der Waals surface area contributed by atoms with Gasteiger partial charge in [0.25, 0.3) is 5.91 Å². The molecule has 16 heavy (non-hydrogen) atoms. The molecule has 0 radical (unpaired) electrons. The first-order valence-corrected chi connectivity index (χ1v) is 5.29. The number of hydrogen-bond acceptors (Lipinski definition) is 2. The second kappa shape index (κ2) is 7.96. The van der Waals surface area contributed by atoms with Gasteiger partial charge in [0.2, 0.25) is 0 Å². The van der Waals surface area contributed by atoms with Gasteiger partial charge in [0.15, 0.2) is 0 Å². The summed E-state index contributed by atoms with van der Waals surface area (Å²) in [7, 11) is 0. The molecule has 5 heteroatoms. The molecule has 2 N–H and O–H groups in total. The number of phenols is 1. The van der Waals surface area contributed by atoms with Gasteiger partial charge in [0.1, 0.15) is 5.75 Å². The summed E-state index contributed by atoms with van der Waals surface area (Å²) in [6.07, 6.45) is 1.95. The third kappa shape index (κ3) is 4.74. The number of amides is 1. The van der Waals surface area contributed by atoms with E-state index in [1.54, 1.807) is 6.07 Å². The topological polar surface area (TPSA) is 49.3 Å². The molecule has 0 aromatic heterocycles. The summed E-state index contributed by atoms with van der Waals surface area (Å²) in [5.41, 5.74) is 0.260. The zero-order valence-corrected chi connectivity index (χ0v) is 12.3. The Balaban J connectivity index is 0. The van der Waals surface area contributed by atoms with Crippen LogP contribution in [-0.2, 0) is 0 Å². The number of halogens is 1. The van der Waals surface area contributed by atoms with Gasteiger partial charge in [0.05, 0.1) is 5.56 Å². The fourth-order valence-corrected chi connectivity index (χ4v) is 1.34. The fraction of sp³-hybridized carbons (Fsp3) is 0.364. The summed E-state index contributed by atoms with van der Waals surface area (Å²) in [6.45, 7) is 2.67. The summed E-state index contributed by atoms with van der Waals surface area (Å²) in [5, 5.41) is 12.6. The monoisotopic (exact) mass is 251 g/mol. The summed E-state index contributed by atoms with van der Waals surface area (Å²) < 4.78 is 0. The van der Waals surface area contributed by atoms with Crippen molar-refractivity contribution in [3.8, 4) is 5.75 Å². The second-order valence-corrected chi connectivity index (χ2v) is 3.71. The van der Waals surface area contributed by atoms with E-state index in [1.165, 1.54) is 12.1 Å². The Morgan fingerprint density at radius 3 is 2.81 bits per heavy atom. The average molecular weight is 252 g/mol. The molecule has 3 nitrogen and oxygen atoms in total. The van der Waals surface area contributed by atoms with Crippen LogP contribution < -0.4 is 34.9 Å². The number of carbonyl (C=O) groups excluding carboxylic acids is 1. The van der Waals surface area contributed by atoms with Crippen molar-refractivity contribution in [1.29, 1.82) is 0 Å². The van der Waals surface area contributed by atoms with Crippen LogP contribution in [0, 0.1) is 0 Å². The molecule has 0 aliphatic carbocycles. The van der Waals surface area contributed by atoms with Crippen molar-refractivity contribution >= 4 is 17.5 Å². The van der Waals surface area contributed by atoms with Crippen LogP contribution in [0.3, 0.4) is 0 Å². The van der Waals surface area contributed by atoms with Crippen LogP contribution in [0.1, 0.15) is 31.6 Å². The maximum Gasteiger partial charge on any atom is 1.00 e. The van der Waals surface area contributed by atoms with E-state index in [1.807, 2.05) is 6.92 Å². The molecule has 0 aliphatic rings. The van der Waals surface area contributed by atoms with Gasteiger partial charge in [0, 0.05) is 11.6 Å². The van der Waals surface area contributed by atoms with Crippen LogP contribution in [0.15, 0.2) is 18.2 Å². The standard InChI is InChI=1S/C11H14ClNO2.Na.H/c1-2-3-6-13-11(15)9-5-4-8(12)7-10(9)14;;/h4-5,7,14H,2-3,6H2,1H3,(H,13,15);;/q;+1;-1. The molecule has 1 aromatic rings. The van der Waals surface area contributed by atoms with E-state index in [0.29, 0.717) is 11.6 Å². The summed E-state index contributed by atoms with van der Waals surface area (Å²) in [5.74, 6) is -0.353. The van der Waals surface area contributed by atoms with E-state index in [-0.39, 0.29) is 48.2 Å². The molecule has 1 amide bonds. The molecule has 1 rings (SSSR count). The van der Waals surface area contributed by atoms with Gasteiger partial charge in [-0.2, -0.15) is 0 Å². The predicted molar refractivity (Wildman–Crippen MR) is 61.5 cm³/mol. The summed E-state index contributed by atoms with van der Waals surface area (Å²) in [4.78, 5) is 11.5. The van der Waals surface area contributed by atoms with Crippen LogP contribution in [0.4, 0.5) is 0 Å². The second-order valence-electron chi connectivity index (χ2n) is 3.27. The van der Waals surface area contributed by atoms with Gasteiger partial charge in [-0.1, -0.05) is 24.9 Å². The first-order valence-electron chi connectivity index (χ1n) is 4.92. The van der Waals surface area contributed by atoms with E-state index >= 15 is 0 Å². The minimum Gasteiger partial charge on any atom is -1.00 e. The Labute approximate surface area is 124 Å². The van der Waals surface area contributed by atoms with Gasteiger partial charge < -0.3 is 11.8 Å². The van der Waals surface area contributed by atoms with Crippen molar-refractivity contribution in [3.63, 3.8) is 0 Å². The molecule has 0 atom stereocenters. The number of benzene rings is 1. The van der Waals surface area contributed by atoms with Crippen molar-refractivity contribution in [3.05, 3.63) is 28.8 Å². The SMILES string of the molecule is CCCCNC(=O)c1ccc(Cl)cc1O.[H-].[Na+]. The third-order valence-corrected chi connectivity index (χ3v) is 2.26. The Kier molecular flexibility index (Phi) is 7.85. The number of aromatic hydroxyl groups is 1. The first-order chi connectivity index (χ1) is 7.15. The minimum atomic E-state index is -0.266. The number of nitrogens with one attached hydrogen (secondary N) is 1. The molecular formula is C11H15ClNNaO2. The quantitative estimate of drug-likeness (QED) is 0.570. The van der Waals surface area contributed by atoms with Crippen LogP contribution in [-0.4, -0.2) is 17.6 Å². The van der Waals surface area contributed by atoms with Gasteiger partial charge in [-0.3, -0.25) is 4.79 Å². The normalized spacial score (nSPS) is 9.38. The molecule has 0 bridgehead atoms. The molecule has 0 aliphatic heterocycles. The van der Waals surface area contributed by atoms with E-state index in [4.69, 9.17) is 11.6 Å². The fourth-order valence-electron chi connectivity index (χ4n) is 1.17. The number of hydrogen-bond donors (Lipinski definition) is 2. The molecule has 0 spiro atoms. The molecule has 0 heterocycles. The van der Waals surface area contributed by atoms with Crippen molar-refractivity contribution in [2.45, 2.75) is 19.8 Å². The Hall–Kier alpha value is -0.220. The zero-order chi connectivity index (χ0) is 11.3. The Morgan fingerprint density at radius 2 is 2.25 bits per heavy atom. The van der Waals surface area contributed by atoms with Gasteiger partial charge in [-0.15, -0.1) is 0 Å². The van der Waals surface area contributed by atoms with Crippen LogP contribution >= 0.6 is 11.6 Å². The molecule has 1 aromatic carbocycles. The van der Waals surface area contributed by atoms with Crippen LogP contribution in [0.25, 0.3) is 0 Å². The first kappa shape index (κ1) is 15.8. The molecular weight excluding hydrogens is 237 g/mol. The number of unbranched alkanes of at least 4 members (excludes halogenated alkanes) is 1. The Morgan fingerprint density at radius 1 is 1.56 bits per heavy atom. The summed E-state index contributed by atoms with van der Waals surface area (Å²) in [6, 6.07) is 4.45. The molecule has 0 saturated carbocycles. The Bertz CT molecular complexity index is 363. The van der Waals surface area contributed by atoms with Crippen molar-refractivity contribution in [1.82, 2.24) is 5.32 Å². The van der Waals surface area contributed by atoms with Gasteiger partial charge >= 0.3 is 29.6 Å². The van der Waals surface area contributed by atoms with Gasteiger partial charge in [-0.25, -0.2) is 0 Å². The average Bonchev–Trinajstić information content (AvgIpc) is 2.17. The van der Waals surface area contributed by atoms with E-state index in [0.717, 1.165) is 12.8 Å². The molecule has 0 saturated heterocycles. The van der Waals surface area contributed by atoms with Crippen molar-refractivity contribution < 1.29 is 40.9 Å². The van der Waals surface area contributed by atoms with E-state index in [9.17, 15) is 9.90 Å². The number of phenolic OH excluding ortho intramolecular Hbond substituents is 1. The number of carbonyl (C=O) groups is 1. The van der Waals surface area contributed by atoms with Crippen molar-refractivity contribution in [2.75, 3.05) is 6.54 Å². The minimum absolute atomic E-state index is 0.